The molecule has 13 heavy (non-hydrogen) atoms. The number of hydrogen-bond acceptors (Lipinski definition) is 6. The van der Waals surface area contributed by atoms with Crippen LogP contribution in [0.15, 0.2) is 4.34 Å². The van der Waals surface area contributed by atoms with Gasteiger partial charge in [-0.05, 0) is 19.3 Å². The lowest BCUT2D eigenvalue weighted by molar-refractivity contribution is 0.188. The molecular formula is C7H11N3OS2. The predicted molar refractivity (Wildman–Crippen MR) is 53.8 cm³/mol. The number of aromatic nitrogens is 2. The van der Waals surface area contributed by atoms with Crippen LogP contribution in [0.3, 0.4) is 0 Å². The molecule has 1 aromatic heterocycles. The zero-order valence-corrected chi connectivity index (χ0v) is 8.64. The van der Waals surface area contributed by atoms with E-state index in [9.17, 15) is 5.11 Å². The molecule has 4 nitrogen and oxygen atoms in total. The Kier molecular flexibility index (Phi) is 2.71. The van der Waals surface area contributed by atoms with Crippen LogP contribution in [0.5, 0.6) is 0 Å². The minimum Gasteiger partial charge on any atom is -0.392 e. The van der Waals surface area contributed by atoms with E-state index in [1.54, 1.807) is 11.8 Å². The largest absolute Gasteiger partial charge is 0.392 e. The third kappa shape index (κ3) is 2.12. The number of nitrogen functional groups attached to an aromatic ring is 1. The average molecular weight is 217 g/mol. The van der Waals surface area contributed by atoms with Crippen LogP contribution in [0.25, 0.3) is 0 Å². The molecule has 0 aliphatic heterocycles. The molecule has 2 atom stereocenters. The van der Waals surface area contributed by atoms with Crippen molar-refractivity contribution < 1.29 is 5.11 Å². The van der Waals surface area contributed by atoms with E-state index in [1.165, 1.54) is 11.3 Å². The molecule has 1 aliphatic rings. The number of anilines is 1. The minimum atomic E-state index is -0.185. The first kappa shape index (κ1) is 9.23. The summed E-state index contributed by atoms with van der Waals surface area (Å²) in [6.45, 7) is 0. The molecule has 2 rings (SSSR count). The van der Waals surface area contributed by atoms with Gasteiger partial charge in [-0.25, -0.2) is 0 Å². The van der Waals surface area contributed by atoms with E-state index in [0.29, 0.717) is 5.13 Å². The van der Waals surface area contributed by atoms with Crippen molar-refractivity contribution in [2.45, 2.75) is 35.0 Å². The maximum Gasteiger partial charge on any atom is 0.203 e. The second-order valence-electron chi connectivity index (χ2n) is 3.06. The summed E-state index contributed by atoms with van der Waals surface area (Å²) < 4.78 is 0.864. The first-order chi connectivity index (χ1) is 6.25. The van der Waals surface area contributed by atoms with Crippen LogP contribution in [0, 0.1) is 0 Å². The van der Waals surface area contributed by atoms with Gasteiger partial charge in [0.15, 0.2) is 4.34 Å². The van der Waals surface area contributed by atoms with Crippen LogP contribution in [0.4, 0.5) is 5.13 Å². The van der Waals surface area contributed by atoms with Crippen LogP contribution in [-0.4, -0.2) is 26.7 Å². The molecule has 0 bridgehead atoms. The second kappa shape index (κ2) is 3.81. The normalized spacial score (nSPS) is 28.1. The molecule has 1 heterocycles. The lowest BCUT2D eigenvalue weighted by atomic mass is 10.3. The summed E-state index contributed by atoms with van der Waals surface area (Å²) in [6.07, 6.45) is 2.89. The highest BCUT2D eigenvalue weighted by atomic mass is 32.2. The number of thioether (sulfide) groups is 1. The van der Waals surface area contributed by atoms with Crippen molar-refractivity contribution in [1.29, 1.82) is 0 Å². The fourth-order valence-electron chi connectivity index (χ4n) is 1.44. The molecule has 0 saturated heterocycles. The number of nitrogens with two attached hydrogens (primary N) is 1. The van der Waals surface area contributed by atoms with Gasteiger partial charge in [0.1, 0.15) is 0 Å². The molecule has 72 valence electrons. The van der Waals surface area contributed by atoms with Gasteiger partial charge >= 0.3 is 0 Å². The van der Waals surface area contributed by atoms with Crippen molar-refractivity contribution in [2.75, 3.05) is 5.73 Å². The van der Waals surface area contributed by atoms with Gasteiger partial charge < -0.3 is 10.8 Å². The van der Waals surface area contributed by atoms with Gasteiger partial charge in [0.2, 0.25) is 5.13 Å². The van der Waals surface area contributed by atoms with Gasteiger partial charge in [0, 0.05) is 5.25 Å². The van der Waals surface area contributed by atoms with Crippen molar-refractivity contribution >= 4 is 28.2 Å². The number of hydrogen-bond donors (Lipinski definition) is 2. The number of rotatable bonds is 2. The average Bonchev–Trinajstić information content (AvgIpc) is 2.64. The van der Waals surface area contributed by atoms with Crippen LogP contribution < -0.4 is 5.73 Å². The summed E-state index contributed by atoms with van der Waals surface area (Å²) >= 11 is 2.98. The Balaban J connectivity index is 1.97. The Bertz CT molecular complexity index is 291. The van der Waals surface area contributed by atoms with E-state index in [0.717, 1.165) is 23.6 Å². The molecule has 0 aromatic carbocycles. The summed E-state index contributed by atoms with van der Waals surface area (Å²) in [5.74, 6) is 0. The number of nitrogens with zero attached hydrogens (tertiary/aromatic N) is 2. The summed E-state index contributed by atoms with van der Waals surface area (Å²) in [6, 6.07) is 0. The van der Waals surface area contributed by atoms with Gasteiger partial charge in [-0.15, -0.1) is 10.2 Å². The molecule has 1 fully saturated rings. The first-order valence-corrected chi connectivity index (χ1v) is 5.89. The highest BCUT2D eigenvalue weighted by Crippen LogP contribution is 2.36. The minimum absolute atomic E-state index is 0.185. The zero-order valence-electron chi connectivity index (χ0n) is 7.01. The molecule has 1 saturated carbocycles. The summed E-state index contributed by atoms with van der Waals surface area (Å²) in [5.41, 5.74) is 5.46. The van der Waals surface area contributed by atoms with Crippen molar-refractivity contribution in [1.82, 2.24) is 10.2 Å². The monoisotopic (exact) mass is 217 g/mol. The maximum atomic E-state index is 9.56. The topological polar surface area (TPSA) is 72.0 Å². The standard InChI is InChI=1S/C7H11N3OS2/c8-6-9-10-7(13-6)12-5-3-1-2-4(5)11/h4-5,11H,1-3H2,(H2,8,9)/t4-,5-/m1/s1. The molecule has 1 aliphatic carbocycles. The third-order valence-electron chi connectivity index (χ3n) is 2.09. The van der Waals surface area contributed by atoms with Crippen LogP contribution in [-0.2, 0) is 0 Å². The molecular weight excluding hydrogens is 206 g/mol. The molecule has 6 heteroatoms. The van der Waals surface area contributed by atoms with E-state index in [4.69, 9.17) is 5.73 Å². The summed E-state index contributed by atoms with van der Waals surface area (Å²) in [5, 5.41) is 18.0. The SMILES string of the molecule is Nc1nnc(S[C@@H]2CCC[C@H]2O)s1. The van der Waals surface area contributed by atoms with Crippen molar-refractivity contribution in [3.05, 3.63) is 0 Å². The van der Waals surface area contributed by atoms with Crippen LogP contribution in [0.1, 0.15) is 19.3 Å². The van der Waals surface area contributed by atoms with E-state index < -0.39 is 0 Å². The van der Waals surface area contributed by atoms with Crippen molar-refractivity contribution in [2.24, 2.45) is 0 Å². The van der Waals surface area contributed by atoms with Gasteiger partial charge in [0.05, 0.1) is 6.10 Å². The lowest BCUT2D eigenvalue weighted by Gasteiger charge is -2.10. The lowest BCUT2D eigenvalue weighted by Crippen LogP contribution is -2.14. The Hall–Kier alpha value is -0.330. The third-order valence-corrected chi connectivity index (χ3v) is 4.31. The fraction of sp³-hybridized carbons (Fsp3) is 0.714. The highest BCUT2D eigenvalue weighted by Gasteiger charge is 2.27. The number of aliphatic hydroxyl groups is 1. The molecule has 1 aromatic rings. The van der Waals surface area contributed by atoms with Gasteiger partial charge in [0.25, 0.3) is 0 Å². The molecule has 0 radical (unpaired) electrons. The Morgan fingerprint density at radius 2 is 2.31 bits per heavy atom. The number of aliphatic hydroxyl groups excluding tert-OH is 1. The van der Waals surface area contributed by atoms with Gasteiger partial charge in [-0.3, -0.25) is 0 Å². The Labute approximate surface area is 84.6 Å². The summed E-state index contributed by atoms with van der Waals surface area (Å²) in [4.78, 5) is 0. The van der Waals surface area contributed by atoms with E-state index in [1.807, 2.05) is 0 Å². The summed E-state index contributed by atoms with van der Waals surface area (Å²) in [7, 11) is 0. The van der Waals surface area contributed by atoms with Crippen molar-refractivity contribution in [3.63, 3.8) is 0 Å². The van der Waals surface area contributed by atoms with Gasteiger partial charge in [-0.1, -0.05) is 23.1 Å². The molecule has 0 spiro atoms. The van der Waals surface area contributed by atoms with E-state index in [-0.39, 0.29) is 11.4 Å². The van der Waals surface area contributed by atoms with E-state index in [2.05, 4.69) is 10.2 Å². The second-order valence-corrected chi connectivity index (χ2v) is 5.56. The first-order valence-electron chi connectivity index (χ1n) is 4.19. The zero-order chi connectivity index (χ0) is 9.26. The van der Waals surface area contributed by atoms with Crippen molar-refractivity contribution in [3.8, 4) is 0 Å². The molecule has 0 unspecified atom stereocenters. The highest BCUT2D eigenvalue weighted by molar-refractivity contribution is 8.01. The van der Waals surface area contributed by atoms with Crippen LogP contribution in [0.2, 0.25) is 0 Å². The maximum absolute atomic E-state index is 9.56. The van der Waals surface area contributed by atoms with Crippen LogP contribution >= 0.6 is 23.1 Å². The van der Waals surface area contributed by atoms with E-state index >= 15 is 0 Å². The molecule has 0 amide bonds. The quantitative estimate of drug-likeness (QED) is 0.777. The Morgan fingerprint density at radius 3 is 2.85 bits per heavy atom. The van der Waals surface area contributed by atoms with Gasteiger partial charge in [-0.2, -0.15) is 0 Å². The predicted octanol–water partition coefficient (Wildman–Crippen LogP) is 1.13. The molecule has 3 N–H and O–H groups in total. The smallest absolute Gasteiger partial charge is 0.203 e. The fourth-order valence-corrected chi connectivity index (χ4v) is 3.53. The Morgan fingerprint density at radius 1 is 1.46 bits per heavy atom.